The van der Waals surface area contributed by atoms with Gasteiger partial charge in [-0.2, -0.15) is 4.98 Å². The molecule has 1 aliphatic heterocycles. The summed E-state index contributed by atoms with van der Waals surface area (Å²) in [5.41, 5.74) is 3.41. The molecule has 164 valence electrons. The minimum absolute atomic E-state index is 0.207. The van der Waals surface area contributed by atoms with E-state index in [1.54, 1.807) is 36.1 Å². The Morgan fingerprint density at radius 3 is 2.45 bits per heavy atom. The monoisotopic (exact) mass is 457 g/mol. The lowest BCUT2D eigenvalue weighted by atomic mass is 10.0. The number of carbonyl (C=O) groups is 1. The number of fused-ring (bicyclic) bond motifs is 1. The van der Waals surface area contributed by atoms with Crippen LogP contribution >= 0.6 is 11.6 Å². The number of allylic oxidation sites excluding steroid dienone is 1. The topological polar surface area (TPSA) is 81.1 Å². The number of carbonyl (C=O) groups excluding carboxylic acids is 1. The van der Waals surface area contributed by atoms with E-state index in [-0.39, 0.29) is 17.9 Å². The third-order valence-corrected chi connectivity index (χ3v) is 5.59. The van der Waals surface area contributed by atoms with Crippen LogP contribution in [0.3, 0.4) is 0 Å². The van der Waals surface area contributed by atoms with Crippen LogP contribution in [0, 0.1) is 0 Å². The lowest BCUT2D eigenvalue weighted by molar-refractivity contribution is 0.102. The zero-order chi connectivity index (χ0) is 22.8. The van der Waals surface area contributed by atoms with Crippen LogP contribution in [0.15, 0.2) is 84.9 Å². The average Bonchev–Trinajstić information content (AvgIpc) is 3.26. The summed E-state index contributed by atoms with van der Waals surface area (Å²) >= 11 is 5.92. The maximum Gasteiger partial charge on any atom is 0.258 e. The Morgan fingerprint density at radius 1 is 1.03 bits per heavy atom. The van der Waals surface area contributed by atoms with Crippen molar-refractivity contribution in [3.63, 3.8) is 0 Å². The molecule has 2 heterocycles. The normalized spacial score (nSPS) is 14.6. The fourth-order valence-electron chi connectivity index (χ4n) is 3.65. The van der Waals surface area contributed by atoms with Crippen molar-refractivity contribution in [3.05, 3.63) is 107 Å². The summed E-state index contributed by atoms with van der Waals surface area (Å²) < 4.78 is 7.05. The van der Waals surface area contributed by atoms with Gasteiger partial charge in [-0.15, -0.1) is 5.10 Å². The molecule has 0 radical (unpaired) electrons. The summed E-state index contributed by atoms with van der Waals surface area (Å²) in [6.45, 7) is 0. The van der Waals surface area contributed by atoms with E-state index in [1.165, 1.54) is 0 Å². The standard InChI is InChI=1S/C25H20ClN5O2/c1-33-20-13-9-17(10-14-20)22-15-21(16-5-3-2-4-6-16)27-25-29-24(30-31(22)25)28-23(32)18-7-11-19(26)12-8-18/h2-15,22H,1H3,(H2,27,28,29,30,32)/t22-/m1/s1. The van der Waals surface area contributed by atoms with E-state index in [0.29, 0.717) is 16.5 Å². The molecule has 8 heteroatoms. The second-order valence-electron chi connectivity index (χ2n) is 7.45. The minimum Gasteiger partial charge on any atom is -0.497 e. The summed E-state index contributed by atoms with van der Waals surface area (Å²) in [5, 5.41) is 11.2. The van der Waals surface area contributed by atoms with Crippen LogP contribution in [-0.4, -0.2) is 27.8 Å². The van der Waals surface area contributed by atoms with Gasteiger partial charge in [0.15, 0.2) is 0 Å². The van der Waals surface area contributed by atoms with Gasteiger partial charge in [0.1, 0.15) is 11.8 Å². The summed E-state index contributed by atoms with van der Waals surface area (Å²) in [6, 6.07) is 24.2. The van der Waals surface area contributed by atoms with Gasteiger partial charge in [0, 0.05) is 16.3 Å². The van der Waals surface area contributed by atoms with Crippen molar-refractivity contribution in [2.24, 2.45) is 0 Å². The molecule has 0 spiro atoms. The summed E-state index contributed by atoms with van der Waals surface area (Å²) in [7, 11) is 1.64. The van der Waals surface area contributed by atoms with E-state index in [9.17, 15) is 4.79 Å². The Balaban J connectivity index is 1.49. The third-order valence-electron chi connectivity index (χ3n) is 5.34. The largest absolute Gasteiger partial charge is 0.497 e. The predicted molar refractivity (Wildman–Crippen MR) is 129 cm³/mol. The van der Waals surface area contributed by atoms with Gasteiger partial charge in [-0.1, -0.05) is 54.1 Å². The summed E-state index contributed by atoms with van der Waals surface area (Å²) in [4.78, 5) is 17.2. The van der Waals surface area contributed by atoms with Crippen LogP contribution in [0.1, 0.15) is 27.5 Å². The molecule has 7 nitrogen and oxygen atoms in total. The zero-order valence-electron chi connectivity index (χ0n) is 17.7. The lowest BCUT2D eigenvalue weighted by Crippen LogP contribution is -2.20. The number of halogens is 1. The van der Waals surface area contributed by atoms with Crippen molar-refractivity contribution < 1.29 is 9.53 Å². The van der Waals surface area contributed by atoms with E-state index >= 15 is 0 Å². The summed E-state index contributed by atoms with van der Waals surface area (Å²) in [6.07, 6.45) is 2.09. The molecule has 0 unspecified atom stereocenters. The molecule has 1 aliphatic rings. The highest BCUT2D eigenvalue weighted by Crippen LogP contribution is 2.33. The molecule has 1 amide bonds. The highest BCUT2D eigenvalue weighted by Gasteiger charge is 2.26. The highest BCUT2D eigenvalue weighted by atomic mass is 35.5. The van der Waals surface area contributed by atoms with E-state index in [4.69, 9.17) is 16.3 Å². The Bertz CT molecular complexity index is 1320. The summed E-state index contributed by atoms with van der Waals surface area (Å²) in [5.74, 6) is 1.20. The number of benzene rings is 3. The van der Waals surface area contributed by atoms with Crippen molar-refractivity contribution in [1.82, 2.24) is 14.8 Å². The van der Waals surface area contributed by atoms with Crippen LogP contribution in [0.5, 0.6) is 5.75 Å². The molecule has 3 aromatic carbocycles. The van der Waals surface area contributed by atoms with Gasteiger partial charge in [0.05, 0.1) is 7.11 Å². The molecule has 0 saturated carbocycles. The number of rotatable bonds is 5. The van der Waals surface area contributed by atoms with E-state index in [0.717, 1.165) is 22.6 Å². The quantitative estimate of drug-likeness (QED) is 0.428. The molecule has 0 saturated heterocycles. The predicted octanol–water partition coefficient (Wildman–Crippen LogP) is 5.25. The van der Waals surface area contributed by atoms with Gasteiger partial charge in [-0.25, -0.2) is 4.68 Å². The first-order chi connectivity index (χ1) is 16.1. The van der Waals surface area contributed by atoms with E-state index < -0.39 is 0 Å². The molecule has 0 fully saturated rings. The average molecular weight is 458 g/mol. The number of hydrogen-bond acceptors (Lipinski definition) is 5. The fraction of sp³-hybridized carbons (Fsp3) is 0.0800. The second-order valence-corrected chi connectivity index (χ2v) is 7.89. The van der Waals surface area contributed by atoms with Gasteiger partial charge in [-0.3, -0.25) is 10.1 Å². The van der Waals surface area contributed by atoms with Crippen LogP contribution < -0.4 is 15.4 Å². The SMILES string of the molecule is COc1ccc([C@H]2C=C(c3ccccc3)Nc3nc(NC(=O)c4ccc(Cl)cc4)nn32)cc1. The molecule has 4 aromatic rings. The van der Waals surface area contributed by atoms with Crippen molar-refractivity contribution >= 4 is 35.1 Å². The smallest absolute Gasteiger partial charge is 0.258 e. The van der Waals surface area contributed by atoms with Crippen LogP contribution in [0.2, 0.25) is 5.02 Å². The Kier molecular flexibility index (Phi) is 5.54. The Morgan fingerprint density at radius 2 is 1.76 bits per heavy atom. The number of ether oxygens (including phenoxy) is 1. The number of nitrogens with one attached hydrogen (secondary N) is 2. The Hall–Kier alpha value is -4.10. The van der Waals surface area contributed by atoms with Gasteiger partial charge in [0.2, 0.25) is 5.95 Å². The second kappa shape index (κ2) is 8.80. The molecule has 5 rings (SSSR count). The van der Waals surface area contributed by atoms with Crippen molar-refractivity contribution in [2.45, 2.75) is 6.04 Å². The molecule has 1 atom stereocenters. The van der Waals surface area contributed by atoms with Crippen LogP contribution in [0.4, 0.5) is 11.9 Å². The molecule has 33 heavy (non-hydrogen) atoms. The van der Waals surface area contributed by atoms with Crippen molar-refractivity contribution in [3.8, 4) is 5.75 Å². The van der Waals surface area contributed by atoms with Gasteiger partial charge in [0.25, 0.3) is 11.9 Å². The van der Waals surface area contributed by atoms with Gasteiger partial charge in [-0.05, 0) is 53.6 Å². The van der Waals surface area contributed by atoms with E-state index in [1.807, 2.05) is 54.6 Å². The molecule has 0 aliphatic carbocycles. The first kappa shape index (κ1) is 20.8. The number of amides is 1. The lowest BCUT2D eigenvalue weighted by Gasteiger charge is -2.24. The minimum atomic E-state index is -0.313. The van der Waals surface area contributed by atoms with Crippen LogP contribution in [-0.2, 0) is 0 Å². The van der Waals surface area contributed by atoms with Crippen LogP contribution in [0.25, 0.3) is 5.70 Å². The molecule has 0 bridgehead atoms. The Labute approximate surface area is 195 Å². The molecular weight excluding hydrogens is 438 g/mol. The number of anilines is 2. The molecule has 2 N–H and O–H groups in total. The first-order valence-electron chi connectivity index (χ1n) is 10.3. The maximum absolute atomic E-state index is 12.7. The van der Waals surface area contributed by atoms with E-state index in [2.05, 4.69) is 26.8 Å². The fourth-order valence-corrected chi connectivity index (χ4v) is 3.77. The number of aromatic nitrogens is 3. The molecular formula is C25H20ClN5O2. The van der Waals surface area contributed by atoms with Crippen molar-refractivity contribution in [2.75, 3.05) is 17.7 Å². The zero-order valence-corrected chi connectivity index (χ0v) is 18.5. The van der Waals surface area contributed by atoms with Gasteiger partial charge < -0.3 is 10.1 Å². The molecule has 1 aromatic heterocycles. The van der Waals surface area contributed by atoms with Crippen molar-refractivity contribution in [1.29, 1.82) is 0 Å². The van der Waals surface area contributed by atoms with Gasteiger partial charge >= 0.3 is 0 Å². The highest BCUT2D eigenvalue weighted by molar-refractivity contribution is 6.30. The number of hydrogen-bond donors (Lipinski definition) is 2. The third kappa shape index (κ3) is 4.31. The number of nitrogens with zero attached hydrogens (tertiary/aromatic N) is 3. The maximum atomic E-state index is 12.7. The number of methoxy groups -OCH3 is 1. The first-order valence-corrected chi connectivity index (χ1v) is 10.7.